The van der Waals surface area contributed by atoms with E-state index in [-0.39, 0.29) is 17.8 Å². The zero-order valence-corrected chi connectivity index (χ0v) is 21.5. The highest BCUT2D eigenvalue weighted by Gasteiger charge is 2.38. The molecule has 0 aliphatic carbocycles. The maximum atomic E-state index is 13.8. The van der Waals surface area contributed by atoms with E-state index in [2.05, 4.69) is 45.2 Å². The number of nitrogens with zero attached hydrogens (tertiary/aromatic N) is 2. The Labute approximate surface area is 212 Å². The first kappa shape index (κ1) is 24.3. The molecule has 2 aromatic carbocycles. The number of alkyl halides is 1. The summed E-state index contributed by atoms with van der Waals surface area (Å²) in [5.74, 6) is 0.735. The number of carbonyl (C=O) groups is 1. The number of halogens is 2. The molecule has 6 heteroatoms. The number of carbonyl (C=O) groups excluding carboxylic acids is 1. The van der Waals surface area contributed by atoms with Gasteiger partial charge < -0.3 is 14.8 Å². The normalized spacial score (nSPS) is 19.8. The van der Waals surface area contributed by atoms with E-state index in [1.54, 1.807) is 6.07 Å². The lowest BCUT2D eigenvalue weighted by atomic mass is 9.86. The summed E-state index contributed by atoms with van der Waals surface area (Å²) in [5, 5.41) is 1.01. The highest BCUT2D eigenvalue weighted by molar-refractivity contribution is 6.19. The number of fused-ring (bicyclic) bond motifs is 2. The summed E-state index contributed by atoms with van der Waals surface area (Å²) in [4.78, 5) is 21.3. The Bertz CT molecular complexity index is 1200. The van der Waals surface area contributed by atoms with E-state index in [9.17, 15) is 9.18 Å². The van der Waals surface area contributed by atoms with Gasteiger partial charge in [0.2, 0.25) is 5.91 Å². The first-order chi connectivity index (χ1) is 16.9. The third-order valence-electron chi connectivity index (χ3n) is 8.01. The zero-order valence-electron chi connectivity index (χ0n) is 20.7. The van der Waals surface area contributed by atoms with Gasteiger partial charge in [0.05, 0.1) is 11.5 Å². The van der Waals surface area contributed by atoms with E-state index in [4.69, 9.17) is 11.6 Å². The summed E-state index contributed by atoms with van der Waals surface area (Å²) in [6, 6.07) is 13.6. The molecule has 0 spiro atoms. The van der Waals surface area contributed by atoms with Gasteiger partial charge in [-0.2, -0.15) is 0 Å². The van der Waals surface area contributed by atoms with E-state index in [1.165, 1.54) is 22.8 Å². The standard InChI is InChI=1S/C29H35ClFN3O/c1-29(2,19-30)28(35)34-16-11-20-5-3-4-6-23(20)27(34)12-15-33-13-9-21(10-14-33)25-18-32-26-8-7-22(31)17-24(25)26/h3-8,17-18,21,27,32H,9-16,19H2,1-2H3. The first-order valence-corrected chi connectivity index (χ1v) is 13.3. The van der Waals surface area contributed by atoms with Gasteiger partial charge >= 0.3 is 0 Å². The van der Waals surface area contributed by atoms with Crippen LogP contribution in [0.25, 0.3) is 10.9 Å². The van der Waals surface area contributed by atoms with Crippen molar-refractivity contribution < 1.29 is 9.18 Å². The number of aromatic nitrogens is 1. The van der Waals surface area contributed by atoms with Gasteiger partial charge in [0, 0.05) is 36.1 Å². The molecule has 1 N–H and O–H groups in total. The Morgan fingerprint density at radius 3 is 2.66 bits per heavy atom. The summed E-state index contributed by atoms with van der Waals surface area (Å²) in [7, 11) is 0. The van der Waals surface area contributed by atoms with Crippen molar-refractivity contribution in [3.05, 3.63) is 71.2 Å². The van der Waals surface area contributed by atoms with Crippen molar-refractivity contribution in [2.75, 3.05) is 32.1 Å². The van der Waals surface area contributed by atoms with Crippen molar-refractivity contribution in [3.63, 3.8) is 0 Å². The second-order valence-corrected chi connectivity index (χ2v) is 11.1. The molecule has 0 bridgehead atoms. The predicted molar refractivity (Wildman–Crippen MR) is 140 cm³/mol. The van der Waals surface area contributed by atoms with Crippen LogP contribution in [0.4, 0.5) is 4.39 Å². The Balaban J connectivity index is 1.26. The monoisotopic (exact) mass is 495 g/mol. The molecule has 1 aromatic heterocycles. The molecule has 3 heterocycles. The van der Waals surface area contributed by atoms with E-state index in [0.29, 0.717) is 11.8 Å². The average Bonchev–Trinajstić information content (AvgIpc) is 3.30. The maximum Gasteiger partial charge on any atom is 0.229 e. The lowest BCUT2D eigenvalue weighted by Crippen LogP contribution is -2.48. The van der Waals surface area contributed by atoms with Gasteiger partial charge in [-0.15, -0.1) is 11.6 Å². The molecule has 2 aliphatic heterocycles. The van der Waals surface area contributed by atoms with E-state index in [1.807, 2.05) is 19.9 Å². The van der Waals surface area contributed by atoms with Gasteiger partial charge in [-0.25, -0.2) is 4.39 Å². The Hall–Kier alpha value is -2.37. The van der Waals surface area contributed by atoms with Gasteiger partial charge in [0.1, 0.15) is 5.82 Å². The van der Waals surface area contributed by atoms with Crippen LogP contribution in [-0.2, 0) is 11.2 Å². The number of nitrogens with one attached hydrogen (secondary N) is 1. The van der Waals surface area contributed by atoms with Crippen LogP contribution in [0.5, 0.6) is 0 Å². The number of hydrogen-bond acceptors (Lipinski definition) is 2. The van der Waals surface area contributed by atoms with Crippen molar-refractivity contribution in [2.24, 2.45) is 5.41 Å². The minimum Gasteiger partial charge on any atom is -0.361 e. The molecule has 1 amide bonds. The second kappa shape index (κ2) is 9.94. The van der Waals surface area contributed by atoms with Crippen molar-refractivity contribution in [3.8, 4) is 0 Å². The number of rotatable bonds is 6. The van der Waals surface area contributed by atoms with Crippen molar-refractivity contribution in [1.29, 1.82) is 0 Å². The molecular formula is C29H35ClFN3O. The highest BCUT2D eigenvalue weighted by atomic mass is 35.5. The summed E-state index contributed by atoms with van der Waals surface area (Å²) in [6.45, 7) is 7.63. The third kappa shape index (κ3) is 4.85. The smallest absolute Gasteiger partial charge is 0.229 e. The fraction of sp³-hybridized carbons (Fsp3) is 0.483. The molecule has 1 unspecified atom stereocenters. The molecule has 1 saturated heterocycles. The Morgan fingerprint density at radius 2 is 1.89 bits per heavy atom. The second-order valence-electron chi connectivity index (χ2n) is 10.8. The maximum absolute atomic E-state index is 13.8. The van der Waals surface area contributed by atoms with Gasteiger partial charge in [-0.05, 0) is 93.4 Å². The SMILES string of the molecule is CC(C)(CCl)C(=O)N1CCc2ccccc2C1CCN1CCC(c2c[nH]c3ccc(F)cc23)CC1. The number of piperidine rings is 1. The van der Waals surface area contributed by atoms with Crippen LogP contribution >= 0.6 is 11.6 Å². The third-order valence-corrected chi connectivity index (χ3v) is 8.68. The molecule has 5 rings (SSSR count). The number of amides is 1. The molecule has 0 radical (unpaired) electrons. The molecule has 2 aliphatic rings. The molecule has 0 saturated carbocycles. The van der Waals surface area contributed by atoms with Crippen molar-refractivity contribution in [2.45, 2.75) is 51.5 Å². The molecule has 4 nitrogen and oxygen atoms in total. The number of H-pyrrole nitrogens is 1. The predicted octanol–water partition coefficient (Wildman–Crippen LogP) is 6.27. The van der Waals surface area contributed by atoms with E-state index >= 15 is 0 Å². The number of likely N-dealkylation sites (tertiary alicyclic amines) is 1. The zero-order chi connectivity index (χ0) is 24.6. The molecule has 186 valence electrons. The minimum atomic E-state index is -0.566. The lowest BCUT2D eigenvalue weighted by Gasteiger charge is -2.42. The van der Waals surface area contributed by atoms with Crippen LogP contribution in [0.15, 0.2) is 48.7 Å². The fourth-order valence-electron chi connectivity index (χ4n) is 5.88. The number of aromatic amines is 1. The van der Waals surface area contributed by atoms with Gasteiger partial charge in [0.15, 0.2) is 0 Å². The van der Waals surface area contributed by atoms with Crippen molar-refractivity contribution >= 4 is 28.4 Å². The van der Waals surface area contributed by atoms with Gasteiger partial charge in [-0.3, -0.25) is 4.79 Å². The molecule has 35 heavy (non-hydrogen) atoms. The fourth-order valence-corrected chi connectivity index (χ4v) is 5.99. The topological polar surface area (TPSA) is 39.3 Å². The van der Waals surface area contributed by atoms with Crippen LogP contribution < -0.4 is 0 Å². The summed E-state index contributed by atoms with van der Waals surface area (Å²) in [5.41, 5.74) is 4.32. The minimum absolute atomic E-state index is 0.0873. The summed E-state index contributed by atoms with van der Waals surface area (Å²) >= 11 is 6.18. The van der Waals surface area contributed by atoms with Crippen LogP contribution in [0, 0.1) is 11.2 Å². The van der Waals surface area contributed by atoms with Gasteiger partial charge in [-0.1, -0.05) is 24.3 Å². The average molecular weight is 496 g/mol. The summed E-state index contributed by atoms with van der Waals surface area (Å²) < 4.78 is 13.8. The molecular weight excluding hydrogens is 461 g/mol. The van der Waals surface area contributed by atoms with Crippen LogP contribution in [-0.4, -0.2) is 52.8 Å². The Kier molecular flexibility index (Phi) is 6.91. The van der Waals surface area contributed by atoms with E-state index < -0.39 is 5.41 Å². The Morgan fingerprint density at radius 1 is 1.11 bits per heavy atom. The van der Waals surface area contributed by atoms with Gasteiger partial charge in [0.25, 0.3) is 0 Å². The van der Waals surface area contributed by atoms with E-state index in [0.717, 1.165) is 62.8 Å². The number of hydrogen-bond donors (Lipinski definition) is 1. The first-order valence-electron chi connectivity index (χ1n) is 12.8. The largest absolute Gasteiger partial charge is 0.361 e. The molecule has 3 aromatic rings. The molecule has 1 atom stereocenters. The molecule has 1 fully saturated rings. The summed E-state index contributed by atoms with van der Waals surface area (Å²) in [6.07, 6.45) is 6.00. The van der Waals surface area contributed by atoms with Crippen molar-refractivity contribution in [1.82, 2.24) is 14.8 Å². The lowest BCUT2D eigenvalue weighted by molar-refractivity contribution is -0.142. The number of benzene rings is 2. The van der Waals surface area contributed by atoms with Crippen LogP contribution in [0.2, 0.25) is 0 Å². The van der Waals surface area contributed by atoms with Crippen LogP contribution in [0.1, 0.15) is 61.8 Å². The highest BCUT2D eigenvalue weighted by Crippen LogP contribution is 2.37. The van der Waals surface area contributed by atoms with Crippen LogP contribution in [0.3, 0.4) is 0 Å². The quantitative estimate of drug-likeness (QED) is 0.409.